The van der Waals surface area contributed by atoms with Gasteiger partial charge in [-0.15, -0.1) is 0 Å². The molecule has 0 aliphatic carbocycles. The molecule has 0 saturated carbocycles. The number of rotatable bonds is 2. The number of nitrogen functional groups attached to an aromatic ring is 1. The molecule has 2 N–H and O–H groups in total. The van der Waals surface area contributed by atoms with E-state index in [0.717, 1.165) is 25.2 Å². The number of piperidine rings is 1. The van der Waals surface area contributed by atoms with Gasteiger partial charge in [-0.05, 0) is 54.3 Å². The molecule has 1 aromatic rings. The number of hydrogen-bond donors (Lipinski definition) is 1. The van der Waals surface area contributed by atoms with Crippen molar-refractivity contribution in [1.29, 1.82) is 0 Å². The largest absolute Gasteiger partial charge is 0.397 e. The van der Waals surface area contributed by atoms with Gasteiger partial charge in [-0.25, -0.2) is 4.39 Å². The molecule has 2 aliphatic heterocycles. The van der Waals surface area contributed by atoms with E-state index in [9.17, 15) is 4.39 Å². The van der Waals surface area contributed by atoms with Crippen molar-refractivity contribution in [3.8, 4) is 0 Å². The molecule has 0 aromatic heterocycles. The second kappa shape index (κ2) is 5.90. The van der Waals surface area contributed by atoms with Crippen molar-refractivity contribution in [3.05, 3.63) is 22.4 Å². The summed E-state index contributed by atoms with van der Waals surface area (Å²) in [5, 5.41) is 0. The van der Waals surface area contributed by atoms with Crippen LogP contribution in [0, 0.1) is 5.82 Å². The standard InChI is InChI=1S/C15H21BrFN3/c16-12-8-14(18)15(9-13(12)17)20-7-4-11(10-20)19-5-2-1-3-6-19/h8-9,11H,1-7,10,18H2. The minimum atomic E-state index is -0.240. The lowest BCUT2D eigenvalue weighted by Gasteiger charge is -2.32. The normalized spacial score (nSPS) is 24.3. The molecular formula is C15H21BrFN3. The first-order chi connectivity index (χ1) is 9.65. The zero-order valence-corrected chi connectivity index (χ0v) is 13.2. The molecule has 3 rings (SSSR count). The predicted octanol–water partition coefficient (Wildman–Crippen LogP) is 3.24. The van der Waals surface area contributed by atoms with Crippen LogP contribution in [0.25, 0.3) is 0 Å². The monoisotopic (exact) mass is 341 g/mol. The number of nitrogens with zero attached hydrogens (tertiary/aromatic N) is 2. The third kappa shape index (κ3) is 2.79. The maximum absolute atomic E-state index is 13.7. The average molecular weight is 342 g/mol. The highest BCUT2D eigenvalue weighted by atomic mass is 79.9. The number of halogens is 2. The van der Waals surface area contributed by atoms with Gasteiger partial charge in [0.2, 0.25) is 0 Å². The van der Waals surface area contributed by atoms with Gasteiger partial charge in [0.15, 0.2) is 0 Å². The number of likely N-dealkylation sites (tertiary alicyclic amines) is 1. The van der Waals surface area contributed by atoms with E-state index in [1.54, 1.807) is 12.1 Å². The molecule has 5 heteroatoms. The molecule has 1 unspecified atom stereocenters. The minimum Gasteiger partial charge on any atom is -0.397 e. The maximum atomic E-state index is 13.7. The SMILES string of the molecule is Nc1cc(Br)c(F)cc1N1CCC(N2CCCCC2)C1. The fourth-order valence-corrected chi connectivity index (χ4v) is 3.73. The van der Waals surface area contributed by atoms with Gasteiger partial charge >= 0.3 is 0 Å². The van der Waals surface area contributed by atoms with Gasteiger partial charge in [-0.1, -0.05) is 6.42 Å². The van der Waals surface area contributed by atoms with Gasteiger partial charge < -0.3 is 10.6 Å². The van der Waals surface area contributed by atoms with Crippen molar-refractivity contribution < 1.29 is 4.39 Å². The first-order valence-electron chi connectivity index (χ1n) is 7.38. The molecule has 20 heavy (non-hydrogen) atoms. The summed E-state index contributed by atoms with van der Waals surface area (Å²) in [6, 6.07) is 3.82. The summed E-state index contributed by atoms with van der Waals surface area (Å²) >= 11 is 3.18. The predicted molar refractivity (Wildman–Crippen MR) is 84.6 cm³/mol. The van der Waals surface area contributed by atoms with Crippen LogP contribution in [0.15, 0.2) is 16.6 Å². The van der Waals surface area contributed by atoms with Crippen LogP contribution >= 0.6 is 15.9 Å². The van der Waals surface area contributed by atoms with Gasteiger partial charge in [-0.2, -0.15) is 0 Å². The van der Waals surface area contributed by atoms with Crippen molar-refractivity contribution in [3.63, 3.8) is 0 Å². The van der Waals surface area contributed by atoms with Crippen molar-refractivity contribution in [2.24, 2.45) is 0 Å². The summed E-state index contributed by atoms with van der Waals surface area (Å²) in [6.07, 6.45) is 5.13. The molecule has 2 aliphatic rings. The van der Waals surface area contributed by atoms with Gasteiger partial charge in [0.25, 0.3) is 0 Å². The minimum absolute atomic E-state index is 0.240. The molecular weight excluding hydrogens is 321 g/mol. The van der Waals surface area contributed by atoms with Gasteiger partial charge in [-0.3, -0.25) is 4.90 Å². The van der Waals surface area contributed by atoms with E-state index in [1.165, 1.54) is 32.4 Å². The lowest BCUT2D eigenvalue weighted by Crippen LogP contribution is -2.40. The molecule has 0 spiro atoms. The lowest BCUT2D eigenvalue weighted by molar-refractivity contribution is 0.175. The Balaban J connectivity index is 1.72. The number of nitrogens with two attached hydrogens (primary N) is 1. The summed E-state index contributed by atoms with van der Waals surface area (Å²) in [5.41, 5.74) is 7.53. The third-order valence-corrected chi connectivity index (χ3v) is 5.09. The number of benzene rings is 1. The second-order valence-corrected chi connectivity index (χ2v) is 6.66. The smallest absolute Gasteiger partial charge is 0.139 e. The van der Waals surface area contributed by atoms with Crippen molar-refractivity contribution in [1.82, 2.24) is 4.90 Å². The van der Waals surface area contributed by atoms with Gasteiger partial charge in [0.05, 0.1) is 15.8 Å². The lowest BCUT2D eigenvalue weighted by atomic mass is 10.1. The molecule has 1 atom stereocenters. The Morgan fingerprint density at radius 3 is 2.65 bits per heavy atom. The number of anilines is 2. The Labute approximate surface area is 128 Å². The fraction of sp³-hybridized carbons (Fsp3) is 0.600. The molecule has 1 aromatic carbocycles. The van der Waals surface area contributed by atoms with Crippen molar-refractivity contribution >= 4 is 27.3 Å². The van der Waals surface area contributed by atoms with Gasteiger partial charge in [0.1, 0.15) is 5.82 Å². The highest BCUT2D eigenvalue weighted by Crippen LogP contribution is 2.32. The molecule has 0 bridgehead atoms. The van der Waals surface area contributed by atoms with E-state index in [-0.39, 0.29) is 5.82 Å². The average Bonchev–Trinajstić information content (AvgIpc) is 2.93. The second-order valence-electron chi connectivity index (χ2n) is 5.81. The van der Waals surface area contributed by atoms with E-state index in [4.69, 9.17) is 5.73 Å². The van der Waals surface area contributed by atoms with Crippen LogP contribution in [0.5, 0.6) is 0 Å². The first kappa shape index (κ1) is 14.1. The Kier molecular flexibility index (Phi) is 4.17. The zero-order valence-electron chi connectivity index (χ0n) is 11.6. The van der Waals surface area contributed by atoms with E-state index in [2.05, 4.69) is 25.7 Å². The molecule has 110 valence electrons. The zero-order chi connectivity index (χ0) is 14.1. The summed E-state index contributed by atoms with van der Waals surface area (Å²) in [4.78, 5) is 4.82. The van der Waals surface area contributed by atoms with E-state index in [1.807, 2.05) is 0 Å². The van der Waals surface area contributed by atoms with Crippen LogP contribution in [0.2, 0.25) is 0 Å². The van der Waals surface area contributed by atoms with Crippen LogP contribution in [-0.2, 0) is 0 Å². The van der Waals surface area contributed by atoms with Gasteiger partial charge in [0, 0.05) is 25.2 Å². The summed E-state index contributed by atoms with van der Waals surface area (Å²) in [5.74, 6) is -0.240. The fourth-order valence-electron chi connectivity index (χ4n) is 3.37. The Morgan fingerprint density at radius 2 is 1.90 bits per heavy atom. The summed E-state index contributed by atoms with van der Waals surface area (Å²) in [6.45, 7) is 4.35. The highest BCUT2D eigenvalue weighted by Gasteiger charge is 2.29. The Morgan fingerprint density at radius 1 is 1.15 bits per heavy atom. The number of hydrogen-bond acceptors (Lipinski definition) is 3. The summed E-state index contributed by atoms with van der Waals surface area (Å²) in [7, 11) is 0. The van der Waals surface area contributed by atoms with Crippen molar-refractivity contribution in [2.45, 2.75) is 31.7 Å². The Bertz CT molecular complexity index is 488. The Hall–Kier alpha value is -0.810. The van der Waals surface area contributed by atoms with E-state index < -0.39 is 0 Å². The molecule has 0 radical (unpaired) electrons. The molecule has 0 amide bonds. The topological polar surface area (TPSA) is 32.5 Å². The molecule has 2 saturated heterocycles. The maximum Gasteiger partial charge on any atom is 0.139 e. The molecule has 2 fully saturated rings. The summed E-state index contributed by atoms with van der Waals surface area (Å²) < 4.78 is 14.2. The van der Waals surface area contributed by atoms with Crippen LogP contribution in [0.1, 0.15) is 25.7 Å². The molecule has 3 nitrogen and oxygen atoms in total. The van der Waals surface area contributed by atoms with Crippen LogP contribution in [0.3, 0.4) is 0 Å². The first-order valence-corrected chi connectivity index (χ1v) is 8.18. The van der Waals surface area contributed by atoms with Crippen LogP contribution in [0.4, 0.5) is 15.8 Å². The van der Waals surface area contributed by atoms with Crippen LogP contribution < -0.4 is 10.6 Å². The quantitative estimate of drug-likeness (QED) is 0.838. The van der Waals surface area contributed by atoms with E-state index in [0.29, 0.717) is 16.2 Å². The highest BCUT2D eigenvalue weighted by molar-refractivity contribution is 9.10. The third-order valence-electron chi connectivity index (χ3n) is 4.48. The molecule has 2 heterocycles. The van der Waals surface area contributed by atoms with E-state index >= 15 is 0 Å². The van der Waals surface area contributed by atoms with Crippen molar-refractivity contribution in [2.75, 3.05) is 36.8 Å². The van der Waals surface area contributed by atoms with Crippen LogP contribution in [-0.4, -0.2) is 37.1 Å².